The zero-order valence-electron chi connectivity index (χ0n) is 23.9. The van der Waals surface area contributed by atoms with E-state index >= 15 is 0 Å². The lowest BCUT2D eigenvalue weighted by atomic mass is 9.93. The van der Waals surface area contributed by atoms with Crippen LogP contribution in [-0.2, 0) is 0 Å². The number of fused-ring (bicyclic) bond motifs is 5. The van der Waals surface area contributed by atoms with Gasteiger partial charge in [-0.05, 0) is 97.7 Å². The van der Waals surface area contributed by atoms with Gasteiger partial charge in [0.05, 0.1) is 0 Å². The predicted molar refractivity (Wildman–Crippen MR) is 178 cm³/mol. The molecule has 5 nitrogen and oxygen atoms in total. The Balaban J connectivity index is 1.19. The van der Waals surface area contributed by atoms with Crippen molar-refractivity contribution in [1.29, 1.82) is 10.5 Å². The minimum atomic E-state index is 0.401. The van der Waals surface area contributed by atoms with Crippen LogP contribution in [0.15, 0.2) is 138 Å². The van der Waals surface area contributed by atoms with E-state index in [0.717, 1.165) is 77.2 Å². The van der Waals surface area contributed by atoms with Crippen LogP contribution in [0.4, 0.5) is 0 Å². The number of pyridine rings is 2. The van der Waals surface area contributed by atoms with Crippen LogP contribution in [0.2, 0.25) is 0 Å². The van der Waals surface area contributed by atoms with Crippen molar-refractivity contribution in [1.82, 2.24) is 9.97 Å². The highest BCUT2D eigenvalue weighted by Gasteiger charge is 2.16. The summed E-state index contributed by atoms with van der Waals surface area (Å²) in [6.07, 6.45) is 3.33. The fraction of sp³-hybridized carbons (Fsp3) is 0. The second-order valence-corrected chi connectivity index (χ2v) is 10.9. The number of hydrogen-bond donors (Lipinski definition) is 0. The van der Waals surface area contributed by atoms with E-state index in [9.17, 15) is 10.5 Å². The number of benzene rings is 5. The number of aromatic nitrogens is 2. The third kappa shape index (κ3) is 4.57. The fourth-order valence-corrected chi connectivity index (χ4v) is 6.10. The van der Waals surface area contributed by atoms with E-state index in [4.69, 9.17) is 4.42 Å². The molecule has 0 spiro atoms. The van der Waals surface area contributed by atoms with Gasteiger partial charge in [0.1, 0.15) is 34.7 Å². The van der Waals surface area contributed by atoms with E-state index in [1.54, 1.807) is 24.5 Å². The Hall–Kier alpha value is -6.56. The maximum atomic E-state index is 9.25. The molecular weight excluding hydrogens is 552 g/mol. The summed E-state index contributed by atoms with van der Waals surface area (Å²) in [6, 6.07) is 45.4. The Kier molecular flexibility index (Phi) is 6.16. The van der Waals surface area contributed by atoms with Gasteiger partial charge in [-0.2, -0.15) is 10.5 Å². The van der Waals surface area contributed by atoms with E-state index in [0.29, 0.717) is 11.4 Å². The summed E-state index contributed by atoms with van der Waals surface area (Å²) in [7, 11) is 0. The van der Waals surface area contributed by atoms with Crippen molar-refractivity contribution >= 4 is 32.7 Å². The maximum absolute atomic E-state index is 9.25. The molecule has 0 fully saturated rings. The summed E-state index contributed by atoms with van der Waals surface area (Å²) in [5.41, 5.74) is 10.8. The summed E-state index contributed by atoms with van der Waals surface area (Å²) in [4.78, 5) is 8.16. The van der Waals surface area contributed by atoms with E-state index in [1.807, 2.05) is 12.1 Å². The number of furan rings is 1. The van der Waals surface area contributed by atoms with E-state index in [-0.39, 0.29) is 0 Å². The van der Waals surface area contributed by atoms with Crippen molar-refractivity contribution in [3.05, 3.63) is 145 Å². The highest BCUT2D eigenvalue weighted by molar-refractivity contribution is 6.22. The quantitative estimate of drug-likeness (QED) is 0.209. The van der Waals surface area contributed by atoms with Crippen molar-refractivity contribution in [2.45, 2.75) is 0 Å². The smallest absolute Gasteiger partial charge is 0.141 e. The van der Waals surface area contributed by atoms with E-state index in [2.05, 4.69) is 119 Å². The number of nitrogens with zero attached hydrogens (tertiary/aromatic N) is 4. The van der Waals surface area contributed by atoms with Crippen LogP contribution in [0.5, 0.6) is 0 Å². The lowest BCUT2D eigenvalue weighted by molar-refractivity contribution is 0.669. The topological polar surface area (TPSA) is 86.5 Å². The second-order valence-electron chi connectivity index (χ2n) is 10.9. The number of nitriles is 2. The monoisotopic (exact) mass is 574 g/mol. The van der Waals surface area contributed by atoms with Gasteiger partial charge >= 0.3 is 0 Å². The maximum Gasteiger partial charge on any atom is 0.141 e. The Morgan fingerprint density at radius 3 is 1.53 bits per heavy atom. The minimum Gasteiger partial charge on any atom is -0.456 e. The number of rotatable bonds is 4. The Morgan fingerprint density at radius 2 is 0.956 bits per heavy atom. The van der Waals surface area contributed by atoms with Crippen LogP contribution >= 0.6 is 0 Å². The van der Waals surface area contributed by atoms with Gasteiger partial charge in [0.15, 0.2) is 0 Å². The first kappa shape index (κ1) is 26.1. The summed E-state index contributed by atoms with van der Waals surface area (Å²) in [5, 5.41) is 22.9. The summed E-state index contributed by atoms with van der Waals surface area (Å²) in [5.74, 6) is 0. The fourth-order valence-electron chi connectivity index (χ4n) is 6.10. The van der Waals surface area contributed by atoms with Gasteiger partial charge in [0, 0.05) is 23.2 Å². The standard InChI is InChI=1S/C40H22N4O/c41-23-32-19-30(15-17-43-32)26-7-5-25(6-8-26)29-13-14-36-38(21-29)45-39-22-37(34-3-1-2-4-35(34)40(36)39)28-11-9-27(10-12-28)31-16-18-44-33(20-31)24-42/h1-22H. The summed E-state index contributed by atoms with van der Waals surface area (Å²) >= 11 is 0. The molecule has 0 N–H and O–H groups in total. The largest absolute Gasteiger partial charge is 0.456 e. The second kappa shape index (κ2) is 10.6. The van der Waals surface area contributed by atoms with Gasteiger partial charge in [-0.1, -0.05) is 78.9 Å². The molecule has 0 aliphatic carbocycles. The van der Waals surface area contributed by atoms with Crippen LogP contribution in [0, 0.1) is 22.7 Å². The van der Waals surface area contributed by atoms with Crippen LogP contribution in [0.1, 0.15) is 11.4 Å². The summed E-state index contributed by atoms with van der Waals surface area (Å²) in [6.45, 7) is 0. The molecule has 3 heterocycles. The lowest BCUT2D eigenvalue weighted by Crippen LogP contribution is -1.86. The molecule has 8 aromatic rings. The third-order valence-corrected chi connectivity index (χ3v) is 8.31. The average molecular weight is 575 g/mol. The molecule has 0 unspecified atom stereocenters. The van der Waals surface area contributed by atoms with Gasteiger partial charge < -0.3 is 4.42 Å². The average Bonchev–Trinajstić information content (AvgIpc) is 3.49. The zero-order chi connectivity index (χ0) is 30.3. The first-order valence-electron chi connectivity index (χ1n) is 14.5. The first-order chi connectivity index (χ1) is 22.2. The third-order valence-electron chi connectivity index (χ3n) is 8.31. The van der Waals surface area contributed by atoms with Gasteiger partial charge in [-0.15, -0.1) is 0 Å². The van der Waals surface area contributed by atoms with Gasteiger partial charge in [0.25, 0.3) is 0 Å². The molecular formula is C40H22N4O. The van der Waals surface area contributed by atoms with Crippen molar-refractivity contribution in [3.63, 3.8) is 0 Å². The van der Waals surface area contributed by atoms with Gasteiger partial charge in [-0.3, -0.25) is 0 Å². The van der Waals surface area contributed by atoms with Gasteiger partial charge in [-0.25, -0.2) is 9.97 Å². The molecule has 45 heavy (non-hydrogen) atoms. The molecule has 5 aromatic carbocycles. The molecule has 0 atom stereocenters. The Morgan fingerprint density at radius 1 is 0.444 bits per heavy atom. The van der Waals surface area contributed by atoms with Crippen LogP contribution < -0.4 is 0 Å². The lowest BCUT2D eigenvalue weighted by Gasteiger charge is -2.10. The number of hydrogen-bond acceptors (Lipinski definition) is 5. The van der Waals surface area contributed by atoms with Crippen LogP contribution in [0.25, 0.3) is 77.2 Å². The highest BCUT2D eigenvalue weighted by atomic mass is 16.3. The van der Waals surface area contributed by atoms with E-state index in [1.165, 1.54) is 0 Å². The molecule has 8 rings (SSSR count). The van der Waals surface area contributed by atoms with Crippen molar-refractivity contribution in [2.75, 3.05) is 0 Å². The summed E-state index contributed by atoms with van der Waals surface area (Å²) < 4.78 is 6.55. The highest BCUT2D eigenvalue weighted by Crippen LogP contribution is 2.41. The van der Waals surface area contributed by atoms with Gasteiger partial charge in [0.2, 0.25) is 0 Å². The van der Waals surface area contributed by atoms with Crippen molar-refractivity contribution in [2.24, 2.45) is 0 Å². The first-order valence-corrected chi connectivity index (χ1v) is 14.5. The van der Waals surface area contributed by atoms with Crippen LogP contribution in [-0.4, -0.2) is 9.97 Å². The van der Waals surface area contributed by atoms with Crippen LogP contribution in [0.3, 0.4) is 0 Å². The van der Waals surface area contributed by atoms with E-state index < -0.39 is 0 Å². The molecule has 0 aliphatic heterocycles. The molecule has 0 radical (unpaired) electrons. The Bertz CT molecular complexity index is 2500. The molecule has 208 valence electrons. The molecule has 0 saturated heterocycles. The zero-order valence-corrected chi connectivity index (χ0v) is 23.9. The molecule has 0 bridgehead atoms. The van der Waals surface area contributed by atoms with Crippen molar-refractivity contribution in [3.8, 4) is 56.6 Å². The molecule has 3 aromatic heterocycles. The molecule has 0 saturated carbocycles. The van der Waals surface area contributed by atoms with Crippen molar-refractivity contribution < 1.29 is 4.42 Å². The molecule has 0 amide bonds. The normalized spacial score (nSPS) is 11.1. The predicted octanol–water partition coefficient (Wildman–Crippen LogP) is 9.94. The minimum absolute atomic E-state index is 0.401. The SMILES string of the molecule is N#Cc1cc(-c2ccc(-c3ccc4c(c3)oc3cc(-c5ccc(-c6ccnc(C#N)c6)cc5)c5ccccc5c34)cc2)ccn1. The molecule has 5 heteroatoms. The Labute approximate surface area is 258 Å². The molecule has 0 aliphatic rings.